The zero-order valence-corrected chi connectivity index (χ0v) is 10.2. The molecule has 2 aromatic heterocycles. The third-order valence-electron chi connectivity index (χ3n) is 2.82. The van der Waals surface area contributed by atoms with E-state index < -0.39 is 0 Å². The SMILES string of the molecule is CC(C)(C)c1n[nH]c2nc3ccc(N)cc3n12. The Labute approximate surface area is 98.6 Å². The van der Waals surface area contributed by atoms with E-state index in [2.05, 4.69) is 36.0 Å². The predicted octanol–water partition coefficient (Wildman–Crippen LogP) is 2.09. The van der Waals surface area contributed by atoms with Crippen LogP contribution in [0, 0.1) is 0 Å². The summed E-state index contributed by atoms with van der Waals surface area (Å²) in [5, 5.41) is 7.31. The highest BCUT2D eigenvalue weighted by Crippen LogP contribution is 2.25. The Morgan fingerprint density at radius 2 is 2.06 bits per heavy atom. The number of imidazole rings is 1. The van der Waals surface area contributed by atoms with Crippen LogP contribution in [-0.2, 0) is 5.41 Å². The molecule has 3 aromatic rings. The smallest absolute Gasteiger partial charge is 0.230 e. The Balaban J connectivity index is 2.47. The van der Waals surface area contributed by atoms with Crippen LogP contribution in [0.1, 0.15) is 26.6 Å². The molecule has 0 spiro atoms. The van der Waals surface area contributed by atoms with Crippen LogP contribution in [0.2, 0.25) is 0 Å². The van der Waals surface area contributed by atoms with Crippen molar-refractivity contribution >= 4 is 22.5 Å². The number of aromatic amines is 1. The molecule has 3 rings (SSSR count). The molecule has 5 nitrogen and oxygen atoms in total. The molecule has 2 heterocycles. The van der Waals surface area contributed by atoms with Gasteiger partial charge in [0.15, 0.2) is 0 Å². The maximum Gasteiger partial charge on any atom is 0.230 e. The Hall–Kier alpha value is -2.04. The number of rotatable bonds is 0. The highest BCUT2D eigenvalue weighted by molar-refractivity contribution is 5.82. The van der Waals surface area contributed by atoms with Gasteiger partial charge in [0.25, 0.3) is 0 Å². The normalized spacial score (nSPS) is 12.6. The minimum absolute atomic E-state index is 0.0452. The molecular formula is C12H15N5. The minimum Gasteiger partial charge on any atom is -0.399 e. The molecule has 88 valence electrons. The van der Waals surface area contributed by atoms with Gasteiger partial charge in [0, 0.05) is 11.1 Å². The summed E-state index contributed by atoms with van der Waals surface area (Å²) in [7, 11) is 0. The number of nitrogens with one attached hydrogen (secondary N) is 1. The summed E-state index contributed by atoms with van der Waals surface area (Å²) in [6.45, 7) is 6.38. The van der Waals surface area contributed by atoms with Gasteiger partial charge in [-0.1, -0.05) is 20.8 Å². The van der Waals surface area contributed by atoms with E-state index in [0.717, 1.165) is 28.3 Å². The predicted molar refractivity (Wildman–Crippen MR) is 68.0 cm³/mol. The van der Waals surface area contributed by atoms with Crippen molar-refractivity contribution in [2.24, 2.45) is 0 Å². The molecule has 0 unspecified atom stereocenters. The molecule has 0 aliphatic heterocycles. The van der Waals surface area contributed by atoms with Crippen molar-refractivity contribution in [2.75, 3.05) is 5.73 Å². The van der Waals surface area contributed by atoms with Crippen molar-refractivity contribution in [3.63, 3.8) is 0 Å². The number of nitrogens with zero attached hydrogens (tertiary/aromatic N) is 3. The second-order valence-corrected chi connectivity index (χ2v) is 5.32. The van der Waals surface area contributed by atoms with Gasteiger partial charge in [0.05, 0.1) is 11.0 Å². The summed E-state index contributed by atoms with van der Waals surface area (Å²) in [5.41, 5.74) is 8.45. The van der Waals surface area contributed by atoms with Crippen LogP contribution in [0.25, 0.3) is 16.8 Å². The lowest BCUT2D eigenvalue weighted by molar-refractivity contribution is 0.541. The molecule has 0 saturated heterocycles. The molecule has 0 amide bonds. The van der Waals surface area contributed by atoms with Gasteiger partial charge in [0.2, 0.25) is 5.78 Å². The first-order valence-electron chi connectivity index (χ1n) is 5.59. The third-order valence-corrected chi connectivity index (χ3v) is 2.82. The lowest BCUT2D eigenvalue weighted by Crippen LogP contribution is -2.15. The number of nitrogen functional groups attached to an aromatic ring is 1. The van der Waals surface area contributed by atoms with E-state index in [4.69, 9.17) is 5.73 Å². The first-order valence-corrected chi connectivity index (χ1v) is 5.59. The maximum atomic E-state index is 5.83. The first kappa shape index (κ1) is 10.1. The van der Waals surface area contributed by atoms with Gasteiger partial charge in [-0.05, 0) is 18.2 Å². The lowest BCUT2D eigenvalue weighted by Gasteiger charge is -2.15. The Morgan fingerprint density at radius 1 is 1.29 bits per heavy atom. The highest BCUT2D eigenvalue weighted by Gasteiger charge is 2.22. The van der Waals surface area contributed by atoms with Crippen molar-refractivity contribution in [1.82, 2.24) is 19.6 Å². The molecular weight excluding hydrogens is 214 g/mol. The molecule has 17 heavy (non-hydrogen) atoms. The molecule has 0 aliphatic rings. The third kappa shape index (κ3) is 1.39. The number of aromatic nitrogens is 4. The van der Waals surface area contributed by atoms with Gasteiger partial charge in [0.1, 0.15) is 5.82 Å². The molecule has 0 fully saturated rings. The summed E-state index contributed by atoms with van der Waals surface area (Å²) in [6.07, 6.45) is 0. The molecule has 0 atom stereocenters. The van der Waals surface area contributed by atoms with Gasteiger partial charge in [-0.25, -0.2) is 10.1 Å². The highest BCUT2D eigenvalue weighted by atomic mass is 15.3. The standard InChI is InChI=1S/C12H15N5/c1-12(2,3)10-15-16-11-14-8-5-4-7(13)6-9(8)17(10)11/h4-6H,13H2,1-3H3,(H,14,16). The van der Waals surface area contributed by atoms with Crippen LogP contribution in [0.3, 0.4) is 0 Å². The van der Waals surface area contributed by atoms with E-state index >= 15 is 0 Å². The zero-order valence-electron chi connectivity index (χ0n) is 10.2. The van der Waals surface area contributed by atoms with Crippen molar-refractivity contribution in [1.29, 1.82) is 0 Å². The van der Waals surface area contributed by atoms with Crippen LogP contribution < -0.4 is 5.73 Å². The molecule has 0 bridgehead atoms. The van der Waals surface area contributed by atoms with Gasteiger partial charge in [-0.3, -0.25) is 4.40 Å². The summed E-state index contributed by atoms with van der Waals surface area (Å²) in [6, 6.07) is 5.72. The van der Waals surface area contributed by atoms with Gasteiger partial charge >= 0.3 is 0 Å². The van der Waals surface area contributed by atoms with Gasteiger partial charge in [-0.15, -0.1) is 0 Å². The van der Waals surface area contributed by atoms with Crippen LogP contribution >= 0.6 is 0 Å². The quantitative estimate of drug-likeness (QED) is 0.580. The first-order chi connectivity index (χ1) is 7.97. The number of benzene rings is 1. The Kier molecular flexibility index (Phi) is 1.79. The average molecular weight is 229 g/mol. The van der Waals surface area contributed by atoms with E-state index in [1.54, 1.807) is 0 Å². The molecule has 0 saturated carbocycles. The van der Waals surface area contributed by atoms with E-state index in [-0.39, 0.29) is 5.41 Å². The lowest BCUT2D eigenvalue weighted by atomic mass is 9.96. The van der Waals surface area contributed by atoms with E-state index in [1.807, 2.05) is 22.6 Å². The molecule has 5 heteroatoms. The molecule has 0 aliphatic carbocycles. The van der Waals surface area contributed by atoms with E-state index in [0.29, 0.717) is 0 Å². The number of H-pyrrole nitrogens is 1. The minimum atomic E-state index is -0.0452. The topological polar surface area (TPSA) is 72.0 Å². The second kappa shape index (κ2) is 3.00. The van der Waals surface area contributed by atoms with Crippen LogP contribution in [0.4, 0.5) is 5.69 Å². The number of fused-ring (bicyclic) bond motifs is 3. The summed E-state index contributed by atoms with van der Waals surface area (Å²) < 4.78 is 2.03. The van der Waals surface area contributed by atoms with Crippen LogP contribution in [0.15, 0.2) is 18.2 Å². The van der Waals surface area contributed by atoms with E-state index in [1.165, 1.54) is 0 Å². The largest absolute Gasteiger partial charge is 0.399 e. The fourth-order valence-corrected chi connectivity index (χ4v) is 2.04. The fourth-order valence-electron chi connectivity index (χ4n) is 2.04. The summed E-state index contributed by atoms with van der Waals surface area (Å²) in [4.78, 5) is 4.48. The van der Waals surface area contributed by atoms with Gasteiger partial charge in [-0.2, -0.15) is 5.10 Å². The van der Waals surface area contributed by atoms with Crippen molar-refractivity contribution in [2.45, 2.75) is 26.2 Å². The number of anilines is 1. The summed E-state index contributed by atoms with van der Waals surface area (Å²) in [5.74, 6) is 1.72. The fraction of sp³-hybridized carbons (Fsp3) is 0.333. The van der Waals surface area contributed by atoms with Crippen molar-refractivity contribution in [3.8, 4) is 0 Å². The molecule has 0 radical (unpaired) electrons. The second-order valence-electron chi connectivity index (χ2n) is 5.32. The van der Waals surface area contributed by atoms with Crippen molar-refractivity contribution < 1.29 is 0 Å². The van der Waals surface area contributed by atoms with E-state index in [9.17, 15) is 0 Å². The van der Waals surface area contributed by atoms with Crippen molar-refractivity contribution in [3.05, 3.63) is 24.0 Å². The van der Waals surface area contributed by atoms with Crippen LogP contribution in [-0.4, -0.2) is 19.6 Å². The number of hydrogen-bond acceptors (Lipinski definition) is 3. The summed E-state index contributed by atoms with van der Waals surface area (Å²) >= 11 is 0. The number of hydrogen-bond donors (Lipinski definition) is 2. The van der Waals surface area contributed by atoms with Crippen LogP contribution in [0.5, 0.6) is 0 Å². The average Bonchev–Trinajstić information content (AvgIpc) is 2.74. The maximum absolute atomic E-state index is 5.83. The monoisotopic (exact) mass is 229 g/mol. The number of nitrogens with two attached hydrogens (primary N) is 1. The zero-order chi connectivity index (χ0) is 12.2. The Morgan fingerprint density at radius 3 is 2.76 bits per heavy atom. The van der Waals surface area contributed by atoms with Gasteiger partial charge < -0.3 is 5.73 Å². The molecule has 1 aromatic carbocycles. The molecule has 3 N–H and O–H groups in total. The Bertz CT molecular complexity index is 699.